The van der Waals surface area contributed by atoms with Gasteiger partial charge in [0.25, 0.3) is 0 Å². The maximum Gasteiger partial charge on any atom is 0.375 e. The van der Waals surface area contributed by atoms with Crippen molar-refractivity contribution in [1.82, 2.24) is 4.98 Å². The molecule has 1 aliphatic carbocycles. The Hall–Kier alpha value is -2.89. The quantitative estimate of drug-likeness (QED) is 0.734. The molecule has 3 rings (SSSR count). The summed E-state index contributed by atoms with van der Waals surface area (Å²) in [4.78, 5) is 28.0. The lowest BCUT2D eigenvalue weighted by molar-refractivity contribution is -0.150. The van der Waals surface area contributed by atoms with Crippen LogP contribution in [0.3, 0.4) is 0 Å². The van der Waals surface area contributed by atoms with Gasteiger partial charge in [-0.2, -0.15) is 0 Å². The summed E-state index contributed by atoms with van der Waals surface area (Å²) in [5.74, 6) is -0.382. The number of rotatable bonds is 6. The van der Waals surface area contributed by atoms with Crippen molar-refractivity contribution in [1.29, 1.82) is 0 Å². The predicted octanol–water partition coefficient (Wildman–Crippen LogP) is 3.78. The number of oxazole rings is 1. The van der Waals surface area contributed by atoms with Gasteiger partial charge in [-0.05, 0) is 31.7 Å². The zero-order valence-electron chi connectivity index (χ0n) is 14.6. The van der Waals surface area contributed by atoms with Crippen LogP contribution in [0.2, 0.25) is 0 Å². The van der Waals surface area contributed by atoms with Crippen LogP contribution in [0.4, 0.5) is 0 Å². The number of carbonyl (C=O) groups is 2. The van der Waals surface area contributed by atoms with Crippen molar-refractivity contribution in [3.63, 3.8) is 0 Å². The molecular formula is C20H21NO5. The van der Waals surface area contributed by atoms with E-state index < -0.39 is 5.97 Å². The van der Waals surface area contributed by atoms with E-state index in [-0.39, 0.29) is 30.9 Å². The van der Waals surface area contributed by atoms with Crippen molar-refractivity contribution >= 4 is 17.5 Å². The number of benzene rings is 1. The van der Waals surface area contributed by atoms with Gasteiger partial charge in [0.2, 0.25) is 11.7 Å². The van der Waals surface area contributed by atoms with E-state index in [1.165, 1.54) is 6.20 Å². The van der Waals surface area contributed by atoms with E-state index in [0.717, 1.165) is 11.1 Å². The Balaban J connectivity index is 1.54. The van der Waals surface area contributed by atoms with E-state index in [9.17, 15) is 9.59 Å². The highest BCUT2D eigenvalue weighted by atomic mass is 16.5. The van der Waals surface area contributed by atoms with Gasteiger partial charge in [0.05, 0.1) is 18.7 Å². The molecule has 0 N–H and O–H groups in total. The van der Waals surface area contributed by atoms with Gasteiger partial charge in [-0.25, -0.2) is 9.78 Å². The van der Waals surface area contributed by atoms with E-state index in [2.05, 4.69) is 4.98 Å². The Labute approximate surface area is 151 Å². The average molecular weight is 355 g/mol. The Morgan fingerprint density at radius 1 is 1.23 bits per heavy atom. The predicted molar refractivity (Wildman–Crippen MR) is 94.0 cm³/mol. The maximum absolute atomic E-state index is 12.2. The van der Waals surface area contributed by atoms with Gasteiger partial charge < -0.3 is 13.9 Å². The molecule has 0 fully saturated rings. The van der Waals surface area contributed by atoms with Crippen LogP contribution in [0.25, 0.3) is 5.57 Å². The van der Waals surface area contributed by atoms with Crippen molar-refractivity contribution in [2.45, 2.75) is 32.8 Å². The molecule has 1 aromatic carbocycles. The van der Waals surface area contributed by atoms with E-state index in [0.29, 0.717) is 25.2 Å². The Morgan fingerprint density at radius 3 is 2.73 bits per heavy atom. The number of aromatic nitrogens is 1. The van der Waals surface area contributed by atoms with E-state index in [1.54, 1.807) is 6.92 Å². The van der Waals surface area contributed by atoms with Gasteiger partial charge in [-0.15, -0.1) is 0 Å². The summed E-state index contributed by atoms with van der Waals surface area (Å²) in [5, 5.41) is 0. The van der Waals surface area contributed by atoms with Crippen LogP contribution in [-0.4, -0.2) is 23.5 Å². The molecule has 136 valence electrons. The molecule has 6 heteroatoms. The zero-order chi connectivity index (χ0) is 18.4. The van der Waals surface area contributed by atoms with Crippen LogP contribution in [-0.2, 0) is 20.9 Å². The second kappa shape index (κ2) is 8.47. The topological polar surface area (TPSA) is 78.6 Å². The first-order chi connectivity index (χ1) is 12.7. The highest BCUT2D eigenvalue weighted by molar-refractivity contribution is 5.86. The second-order valence-corrected chi connectivity index (χ2v) is 6.04. The minimum atomic E-state index is -0.523. The summed E-state index contributed by atoms with van der Waals surface area (Å²) < 4.78 is 15.8. The van der Waals surface area contributed by atoms with Crippen molar-refractivity contribution in [2.24, 2.45) is 5.92 Å². The molecule has 0 aliphatic heterocycles. The molecular weight excluding hydrogens is 334 g/mol. The van der Waals surface area contributed by atoms with E-state index >= 15 is 0 Å². The van der Waals surface area contributed by atoms with Crippen LogP contribution >= 0.6 is 0 Å². The third kappa shape index (κ3) is 4.39. The first-order valence-corrected chi connectivity index (χ1v) is 8.70. The lowest BCUT2D eigenvalue weighted by atomic mass is 9.89. The van der Waals surface area contributed by atoms with Crippen LogP contribution in [0.5, 0.6) is 0 Å². The van der Waals surface area contributed by atoms with E-state index in [4.69, 9.17) is 13.9 Å². The first-order valence-electron chi connectivity index (χ1n) is 8.70. The highest BCUT2D eigenvalue weighted by Crippen LogP contribution is 2.31. The third-order valence-corrected chi connectivity index (χ3v) is 4.23. The van der Waals surface area contributed by atoms with Gasteiger partial charge >= 0.3 is 11.9 Å². The molecule has 0 radical (unpaired) electrons. The number of hydrogen-bond acceptors (Lipinski definition) is 6. The third-order valence-electron chi connectivity index (χ3n) is 4.23. The highest BCUT2D eigenvalue weighted by Gasteiger charge is 2.25. The molecule has 0 saturated heterocycles. The van der Waals surface area contributed by atoms with Crippen molar-refractivity contribution in [3.05, 3.63) is 59.8 Å². The smallest absolute Gasteiger partial charge is 0.375 e. The molecule has 1 atom stereocenters. The molecule has 0 spiro atoms. The van der Waals surface area contributed by atoms with Crippen molar-refractivity contribution in [3.8, 4) is 0 Å². The fraction of sp³-hybridized carbons (Fsp3) is 0.350. The number of allylic oxidation sites excluding steroid dienone is 2. The van der Waals surface area contributed by atoms with Gasteiger partial charge in [0.1, 0.15) is 6.61 Å². The second-order valence-electron chi connectivity index (χ2n) is 6.04. The first kappa shape index (κ1) is 17.9. The van der Waals surface area contributed by atoms with Crippen LogP contribution in [0, 0.1) is 5.92 Å². The number of hydrogen-bond donors (Lipinski definition) is 0. The molecule has 6 nitrogen and oxygen atoms in total. The summed E-state index contributed by atoms with van der Waals surface area (Å²) in [7, 11) is 0. The van der Waals surface area contributed by atoms with Gasteiger partial charge in [-0.3, -0.25) is 4.79 Å². The number of nitrogens with zero attached hydrogens (tertiary/aromatic N) is 1. The fourth-order valence-electron chi connectivity index (χ4n) is 2.81. The van der Waals surface area contributed by atoms with Crippen molar-refractivity contribution in [2.75, 3.05) is 6.61 Å². The lowest BCUT2D eigenvalue weighted by Crippen LogP contribution is -2.19. The Morgan fingerprint density at radius 2 is 2.04 bits per heavy atom. The number of ether oxygens (including phenoxy) is 2. The molecule has 1 aromatic heterocycles. The van der Waals surface area contributed by atoms with Crippen LogP contribution < -0.4 is 0 Å². The minimum Gasteiger partial charge on any atom is -0.461 e. The molecule has 1 unspecified atom stereocenters. The van der Waals surface area contributed by atoms with E-state index in [1.807, 2.05) is 36.4 Å². The number of carbonyl (C=O) groups excluding carboxylic acids is 2. The molecule has 1 heterocycles. The van der Waals surface area contributed by atoms with Gasteiger partial charge in [0, 0.05) is 5.57 Å². The Kier molecular flexibility index (Phi) is 5.84. The summed E-state index contributed by atoms with van der Waals surface area (Å²) in [6.07, 6.45) is 5.18. The van der Waals surface area contributed by atoms with Gasteiger partial charge in [-0.1, -0.05) is 36.4 Å². The summed E-state index contributed by atoms with van der Waals surface area (Å²) in [6.45, 7) is 2.30. The minimum absolute atomic E-state index is 0.0899. The van der Waals surface area contributed by atoms with Crippen molar-refractivity contribution < 1.29 is 23.5 Å². The summed E-state index contributed by atoms with van der Waals surface area (Å²) in [5.41, 5.74) is 1.87. The molecule has 1 aliphatic rings. The SMILES string of the molecule is CCOC(=O)c1cnc(C2=CCC(C(=O)OCc3ccccc3)CC2)o1. The standard InChI is InChI=1S/C20H21NO5/c1-2-24-20(23)17-12-21-18(26-17)15-8-10-16(11-9-15)19(22)25-13-14-6-4-3-5-7-14/h3-8,12,16H,2,9-11,13H2,1H3. The van der Waals surface area contributed by atoms with Gasteiger partial charge in [0.15, 0.2) is 0 Å². The monoisotopic (exact) mass is 355 g/mol. The molecule has 0 bridgehead atoms. The zero-order valence-corrected chi connectivity index (χ0v) is 14.6. The lowest BCUT2D eigenvalue weighted by Gasteiger charge is -2.19. The molecule has 2 aromatic rings. The largest absolute Gasteiger partial charge is 0.461 e. The van der Waals surface area contributed by atoms with Crippen LogP contribution in [0.15, 0.2) is 47.0 Å². The summed E-state index contributed by atoms with van der Waals surface area (Å²) >= 11 is 0. The molecule has 0 amide bonds. The average Bonchev–Trinajstić information content (AvgIpc) is 3.18. The summed E-state index contributed by atoms with van der Waals surface area (Å²) in [6, 6.07) is 9.61. The number of esters is 2. The maximum atomic E-state index is 12.2. The fourth-order valence-corrected chi connectivity index (χ4v) is 2.81. The van der Waals surface area contributed by atoms with Crippen LogP contribution in [0.1, 0.15) is 48.2 Å². The normalized spacial score (nSPS) is 16.7. The Bertz CT molecular complexity index is 794. The molecule has 26 heavy (non-hydrogen) atoms. The molecule has 0 saturated carbocycles.